The van der Waals surface area contributed by atoms with Crippen molar-refractivity contribution >= 4 is 12.0 Å². The number of hydrogen-bond acceptors (Lipinski definition) is 4. The van der Waals surface area contributed by atoms with Gasteiger partial charge in [-0.3, -0.25) is 4.79 Å². The summed E-state index contributed by atoms with van der Waals surface area (Å²) < 4.78 is 6.71. The number of carbonyl (C=O) groups is 2. The molecule has 0 spiro atoms. The van der Waals surface area contributed by atoms with E-state index in [1.807, 2.05) is 35.0 Å². The number of hydrogen-bond donors (Lipinski definition) is 1. The van der Waals surface area contributed by atoms with Crippen molar-refractivity contribution in [1.82, 2.24) is 19.8 Å². The van der Waals surface area contributed by atoms with Gasteiger partial charge in [0.2, 0.25) is 0 Å². The van der Waals surface area contributed by atoms with Crippen LogP contribution in [0.1, 0.15) is 18.4 Å². The number of para-hydroxylation sites is 1. The number of amides is 2. The van der Waals surface area contributed by atoms with Crippen LogP contribution >= 0.6 is 0 Å². The lowest BCUT2D eigenvalue weighted by molar-refractivity contribution is -0.146. The van der Waals surface area contributed by atoms with E-state index in [4.69, 9.17) is 4.74 Å². The van der Waals surface area contributed by atoms with Crippen LogP contribution in [0.5, 0.6) is 0 Å². The SMILES string of the molecule is COC(=O)[C@@H]1CCCN(C(=O)NCc2ccccc2-n2ccnc2)C1. The van der Waals surface area contributed by atoms with Gasteiger partial charge in [-0.05, 0) is 24.5 Å². The summed E-state index contributed by atoms with van der Waals surface area (Å²) in [7, 11) is 1.38. The fourth-order valence-electron chi connectivity index (χ4n) is 3.12. The summed E-state index contributed by atoms with van der Waals surface area (Å²) in [5, 5.41) is 2.95. The number of esters is 1. The molecule has 1 aliphatic rings. The summed E-state index contributed by atoms with van der Waals surface area (Å²) in [4.78, 5) is 29.9. The van der Waals surface area contributed by atoms with Crippen LogP contribution in [-0.4, -0.2) is 46.7 Å². The maximum atomic E-state index is 12.5. The molecule has 0 aliphatic carbocycles. The van der Waals surface area contributed by atoms with Crippen molar-refractivity contribution in [2.75, 3.05) is 20.2 Å². The number of carbonyl (C=O) groups excluding carboxylic acids is 2. The minimum atomic E-state index is -0.247. The Balaban J connectivity index is 1.62. The standard InChI is InChI=1S/C18H22N4O3/c1-25-17(23)15-6-4-9-21(12-15)18(24)20-11-14-5-2-3-7-16(14)22-10-8-19-13-22/h2-3,5,7-8,10,13,15H,4,6,9,11-12H2,1H3,(H,20,24)/t15-/m1/s1. The molecular formula is C18H22N4O3. The molecule has 1 aromatic carbocycles. The van der Waals surface area contributed by atoms with Crippen LogP contribution in [0.3, 0.4) is 0 Å². The first-order valence-corrected chi connectivity index (χ1v) is 8.36. The Bertz CT molecular complexity index is 730. The minimum absolute atomic E-state index is 0.158. The predicted octanol–water partition coefficient (Wildman–Crippen LogP) is 1.97. The maximum absolute atomic E-state index is 12.5. The third-order valence-electron chi connectivity index (χ3n) is 4.45. The van der Waals surface area contributed by atoms with Crippen LogP contribution in [0, 0.1) is 5.92 Å². The molecule has 25 heavy (non-hydrogen) atoms. The number of likely N-dealkylation sites (tertiary alicyclic amines) is 1. The third kappa shape index (κ3) is 3.99. The molecule has 2 amide bonds. The number of aromatic nitrogens is 2. The van der Waals surface area contributed by atoms with Crippen molar-refractivity contribution < 1.29 is 14.3 Å². The molecule has 1 atom stereocenters. The molecule has 0 bridgehead atoms. The van der Waals surface area contributed by atoms with Crippen molar-refractivity contribution in [1.29, 1.82) is 0 Å². The average molecular weight is 342 g/mol. The number of ether oxygens (including phenoxy) is 1. The van der Waals surface area contributed by atoms with E-state index in [9.17, 15) is 9.59 Å². The molecule has 0 unspecified atom stereocenters. The number of nitrogens with zero attached hydrogens (tertiary/aromatic N) is 3. The molecule has 0 saturated carbocycles. The molecule has 1 aliphatic heterocycles. The van der Waals surface area contributed by atoms with E-state index >= 15 is 0 Å². The lowest BCUT2D eigenvalue weighted by atomic mass is 9.98. The largest absolute Gasteiger partial charge is 0.469 e. The van der Waals surface area contributed by atoms with Gasteiger partial charge in [0.15, 0.2) is 0 Å². The number of piperidine rings is 1. The molecule has 0 radical (unpaired) electrons. The topological polar surface area (TPSA) is 76.5 Å². The zero-order valence-electron chi connectivity index (χ0n) is 14.2. The van der Waals surface area contributed by atoms with Crippen LogP contribution in [-0.2, 0) is 16.1 Å². The van der Waals surface area contributed by atoms with Gasteiger partial charge in [-0.25, -0.2) is 9.78 Å². The van der Waals surface area contributed by atoms with Gasteiger partial charge in [0.25, 0.3) is 0 Å². The van der Waals surface area contributed by atoms with E-state index in [0.29, 0.717) is 19.6 Å². The van der Waals surface area contributed by atoms with Crippen molar-refractivity contribution in [3.05, 3.63) is 48.5 Å². The zero-order chi connectivity index (χ0) is 17.6. The molecule has 1 aromatic heterocycles. The summed E-state index contributed by atoms with van der Waals surface area (Å²) in [6, 6.07) is 7.69. The van der Waals surface area contributed by atoms with Gasteiger partial charge in [0.1, 0.15) is 0 Å². The van der Waals surface area contributed by atoms with E-state index < -0.39 is 0 Å². The van der Waals surface area contributed by atoms with Crippen LogP contribution in [0.2, 0.25) is 0 Å². The number of imidazole rings is 1. The Kier molecular flexibility index (Phi) is 5.33. The van der Waals surface area contributed by atoms with Crippen LogP contribution < -0.4 is 5.32 Å². The quantitative estimate of drug-likeness (QED) is 0.862. The molecule has 2 heterocycles. The highest BCUT2D eigenvalue weighted by Crippen LogP contribution is 2.18. The lowest BCUT2D eigenvalue weighted by Gasteiger charge is -2.31. The van der Waals surface area contributed by atoms with E-state index in [2.05, 4.69) is 10.3 Å². The summed E-state index contributed by atoms with van der Waals surface area (Å²) in [5.74, 6) is -0.481. The van der Waals surface area contributed by atoms with E-state index in [1.165, 1.54) is 7.11 Å². The van der Waals surface area contributed by atoms with Gasteiger partial charge in [-0.15, -0.1) is 0 Å². The number of nitrogens with one attached hydrogen (secondary N) is 1. The Morgan fingerprint density at radius 3 is 2.96 bits per heavy atom. The summed E-state index contributed by atoms with van der Waals surface area (Å²) in [5.41, 5.74) is 1.97. The van der Waals surface area contributed by atoms with Gasteiger partial charge in [0.05, 0.1) is 25.0 Å². The average Bonchev–Trinajstić information content (AvgIpc) is 3.20. The summed E-state index contributed by atoms with van der Waals surface area (Å²) in [6.45, 7) is 1.47. The molecule has 7 heteroatoms. The zero-order valence-corrected chi connectivity index (χ0v) is 14.2. The number of methoxy groups -OCH3 is 1. The first-order chi connectivity index (χ1) is 12.2. The van der Waals surface area contributed by atoms with Crippen LogP contribution in [0.4, 0.5) is 4.79 Å². The fraction of sp³-hybridized carbons (Fsp3) is 0.389. The Morgan fingerprint density at radius 1 is 1.36 bits per heavy atom. The first-order valence-electron chi connectivity index (χ1n) is 8.36. The molecule has 1 N–H and O–H groups in total. The monoisotopic (exact) mass is 342 g/mol. The van der Waals surface area contributed by atoms with E-state index in [-0.39, 0.29) is 17.9 Å². The van der Waals surface area contributed by atoms with Crippen molar-refractivity contribution in [3.63, 3.8) is 0 Å². The predicted molar refractivity (Wildman–Crippen MR) is 92.1 cm³/mol. The number of rotatable bonds is 4. The smallest absolute Gasteiger partial charge is 0.317 e. The Labute approximate surface area is 146 Å². The molecular weight excluding hydrogens is 320 g/mol. The highest BCUT2D eigenvalue weighted by molar-refractivity contribution is 5.77. The lowest BCUT2D eigenvalue weighted by Crippen LogP contribution is -2.47. The van der Waals surface area contributed by atoms with E-state index in [1.54, 1.807) is 17.4 Å². The van der Waals surface area contributed by atoms with Crippen molar-refractivity contribution in [3.8, 4) is 5.69 Å². The Hall–Kier alpha value is -2.83. The van der Waals surface area contributed by atoms with Gasteiger partial charge < -0.3 is 19.5 Å². The number of benzene rings is 1. The van der Waals surface area contributed by atoms with Gasteiger partial charge in [-0.2, -0.15) is 0 Å². The number of urea groups is 1. The minimum Gasteiger partial charge on any atom is -0.469 e. The summed E-state index contributed by atoms with van der Waals surface area (Å²) in [6.07, 6.45) is 6.88. The molecule has 3 rings (SSSR count). The van der Waals surface area contributed by atoms with E-state index in [0.717, 1.165) is 24.1 Å². The fourth-order valence-corrected chi connectivity index (χ4v) is 3.12. The molecule has 1 saturated heterocycles. The molecule has 2 aromatic rings. The second kappa shape index (κ2) is 7.83. The van der Waals surface area contributed by atoms with Crippen LogP contribution in [0.25, 0.3) is 5.69 Å². The Morgan fingerprint density at radius 2 is 2.20 bits per heavy atom. The van der Waals surface area contributed by atoms with Crippen LogP contribution in [0.15, 0.2) is 43.0 Å². The highest BCUT2D eigenvalue weighted by Gasteiger charge is 2.28. The van der Waals surface area contributed by atoms with Gasteiger partial charge >= 0.3 is 12.0 Å². The molecule has 132 valence electrons. The second-order valence-electron chi connectivity index (χ2n) is 6.07. The van der Waals surface area contributed by atoms with Crippen molar-refractivity contribution in [2.24, 2.45) is 5.92 Å². The maximum Gasteiger partial charge on any atom is 0.317 e. The second-order valence-corrected chi connectivity index (χ2v) is 6.07. The summed E-state index contributed by atoms with van der Waals surface area (Å²) >= 11 is 0. The first kappa shape index (κ1) is 17.0. The molecule has 7 nitrogen and oxygen atoms in total. The van der Waals surface area contributed by atoms with Gasteiger partial charge in [0, 0.05) is 32.0 Å². The highest BCUT2D eigenvalue weighted by atomic mass is 16.5. The third-order valence-corrected chi connectivity index (χ3v) is 4.45. The van der Waals surface area contributed by atoms with Crippen molar-refractivity contribution in [2.45, 2.75) is 19.4 Å². The normalized spacial score (nSPS) is 17.2. The van der Waals surface area contributed by atoms with Gasteiger partial charge in [-0.1, -0.05) is 18.2 Å². The molecule has 1 fully saturated rings.